The first-order valence-corrected chi connectivity index (χ1v) is 9.34. The number of benzene rings is 2. The summed E-state index contributed by atoms with van der Waals surface area (Å²) in [5, 5.41) is 7.93. The Morgan fingerprint density at radius 1 is 1.27 bits per heavy atom. The van der Waals surface area contributed by atoms with E-state index in [1.165, 1.54) is 16.7 Å². The summed E-state index contributed by atoms with van der Waals surface area (Å²) in [5.74, 6) is 0.0303. The van der Waals surface area contributed by atoms with Crippen molar-refractivity contribution in [2.45, 2.75) is 26.3 Å². The zero-order valence-corrected chi connectivity index (χ0v) is 16.0. The van der Waals surface area contributed by atoms with E-state index in [1.807, 2.05) is 23.1 Å². The number of nitrogens with zero attached hydrogens (tertiary/aromatic N) is 2. The van der Waals surface area contributed by atoms with Crippen LogP contribution in [0, 0.1) is 6.92 Å². The van der Waals surface area contributed by atoms with Crippen molar-refractivity contribution in [1.29, 1.82) is 0 Å². The number of fused-ring (bicyclic) bond motifs is 2. The Labute approximate surface area is 159 Å². The van der Waals surface area contributed by atoms with Crippen molar-refractivity contribution >= 4 is 32.6 Å². The van der Waals surface area contributed by atoms with Crippen LogP contribution in [-0.2, 0) is 24.2 Å². The molecule has 2 aromatic carbocycles. The summed E-state index contributed by atoms with van der Waals surface area (Å²) in [5.41, 5.74) is 4.11. The first-order chi connectivity index (χ1) is 12.5. The monoisotopic (exact) mass is 411 g/mol. The summed E-state index contributed by atoms with van der Waals surface area (Å²) < 4.78 is 1.08. The molecular weight excluding hydrogens is 394 g/mol. The molecule has 0 radical (unpaired) electrons. The van der Waals surface area contributed by atoms with Crippen LogP contribution >= 0.6 is 15.9 Å². The third kappa shape index (κ3) is 3.05. The number of amides is 1. The van der Waals surface area contributed by atoms with E-state index in [9.17, 15) is 9.59 Å². The standard InChI is InChI=1S/C20H18BrN3O2/c1-12-8-14(21)9-13-6-7-24(11-17(12)13)19(25)10-18-15-4-2-3-5-16(15)20(26)23-22-18/h2-5,8-9H,6-7,10-11H2,1H3,(H,23,26). The molecule has 0 spiro atoms. The largest absolute Gasteiger partial charge is 0.338 e. The molecule has 0 unspecified atom stereocenters. The molecular formula is C20H18BrN3O2. The number of aryl methyl sites for hydroxylation is 1. The van der Waals surface area contributed by atoms with E-state index in [0.29, 0.717) is 24.2 Å². The molecule has 0 bridgehead atoms. The average Bonchev–Trinajstić information content (AvgIpc) is 2.64. The highest BCUT2D eigenvalue weighted by Crippen LogP contribution is 2.27. The Bertz CT molecular complexity index is 1070. The molecule has 1 amide bonds. The van der Waals surface area contributed by atoms with E-state index < -0.39 is 0 Å². The van der Waals surface area contributed by atoms with Crippen LogP contribution in [0.3, 0.4) is 0 Å². The molecule has 1 aliphatic rings. The molecule has 1 aromatic heterocycles. The Kier molecular flexibility index (Phi) is 4.36. The molecule has 4 rings (SSSR count). The van der Waals surface area contributed by atoms with Gasteiger partial charge < -0.3 is 4.90 Å². The molecule has 0 fully saturated rings. The maximum Gasteiger partial charge on any atom is 0.272 e. The van der Waals surface area contributed by atoms with Gasteiger partial charge >= 0.3 is 0 Å². The van der Waals surface area contributed by atoms with Gasteiger partial charge in [0.2, 0.25) is 5.91 Å². The number of hydrogen-bond acceptors (Lipinski definition) is 3. The Balaban J connectivity index is 1.60. The normalized spacial score (nSPS) is 13.7. The molecule has 5 nitrogen and oxygen atoms in total. The van der Waals surface area contributed by atoms with Crippen LogP contribution in [0.25, 0.3) is 10.8 Å². The van der Waals surface area contributed by atoms with Gasteiger partial charge in [0.05, 0.1) is 17.5 Å². The van der Waals surface area contributed by atoms with Crippen LogP contribution < -0.4 is 5.56 Å². The fourth-order valence-electron chi connectivity index (χ4n) is 3.59. The van der Waals surface area contributed by atoms with Gasteiger partial charge in [0, 0.05) is 22.9 Å². The minimum atomic E-state index is -0.232. The number of H-pyrrole nitrogens is 1. The van der Waals surface area contributed by atoms with Crippen LogP contribution in [0.1, 0.15) is 22.4 Å². The van der Waals surface area contributed by atoms with E-state index >= 15 is 0 Å². The van der Waals surface area contributed by atoms with Crippen molar-refractivity contribution in [2.24, 2.45) is 0 Å². The molecule has 0 saturated carbocycles. The molecule has 2 heterocycles. The molecule has 0 aliphatic carbocycles. The zero-order valence-electron chi connectivity index (χ0n) is 14.4. The van der Waals surface area contributed by atoms with Gasteiger partial charge in [-0.25, -0.2) is 5.10 Å². The van der Waals surface area contributed by atoms with E-state index in [0.717, 1.165) is 16.3 Å². The van der Waals surface area contributed by atoms with E-state index in [2.05, 4.69) is 45.2 Å². The maximum absolute atomic E-state index is 12.9. The second-order valence-electron chi connectivity index (χ2n) is 6.65. The van der Waals surface area contributed by atoms with Gasteiger partial charge in [0.25, 0.3) is 5.56 Å². The fraction of sp³-hybridized carbons (Fsp3) is 0.250. The van der Waals surface area contributed by atoms with Crippen molar-refractivity contribution in [3.8, 4) is 0 Å². The topological polar surface area (TPSA) is 66.1 Å². The number of carbonyl (C=O) groups is 1. The van der Waals surface area contributed by atoms with Crippen LogP contribution in [0.15, 0.2) is 45.7 Å². The number of hydrogen-bond donors (Lipinski definition) is 1. The lowest BCUT2D eigenvalue weighted by atomic mass is 9.95. The van der Waals surface area contributed by atoms with Gasteiger partial charge in [0.15, 0.2) is 0 Å². The smallest absolute Gasteiger partial charge is 0.272 e. The second-order valence-corrected chi connectivity index (χ2v) is 7.56. The third-order valence-electron chi connectivity index (χ3n) is 4.98. The third-order valence-corrected chi connectivity index (χ3v) is 5.43. The minimum absolute atomic E-state index is 0.0303. The molecule has 6 heteroatoms. The summed E-state index contributed by atoms with van der Waals surface area (Å²) in [6.07, 6.45) is 1.03. The van der Waals surface area contributed by atoms with Crippen molar-refractivity contribution in [3.63, 3.8) is 0 Å². The average molecular weight is 412 g/mol. The molecule has 0 atom stereocenters. The number of nitrogens with one attached hydrogen (secondary N) is 1. The lowest BCUT2D eigenvalue weighted by Gasteiger charge is -2.30. The lowest BCUT2D eigenvalue weighted by molar-refractivity contribution is -0.131. The van der Waals surface area contributed by atoms with Crippen molar-refractivity contribution < 1.29 is 4.79 Å². The van der Waals surface area contributed by atoms with E-state index in [1.54, 1.807) is 6.07 Å². The number of carbonyl (C=O) groups excluding carboxylic acids is 1. The summed E-state index contributed by atoms with van der Waals surface area (Å²) >= 11 is 3.54. The van der Waals surface area contributed by atoms with Gasteiger partial charge in [-0.15, -0.1) is 0 Å². The van der Waals surface area contributed by atoms with Gasteiger partial charge in [-0.2, -0.15) is 5.10 Å². The van der Waals surface area contributed by atoms with Crippen LogP contribution in [0.2, 0.25) is 0 Å². The van der Waals surface area contributed by atoms with Gasteiger partial charge in [-0.05, 0) is 48.2 Å². The van der Waals surface area contributed by atoms with Gasteiger partial charge in [-0.3, -0.25) is 9.59 Å². The predicted molar refractivity (Wildman–Crippen MR) is 104 cm³/mol. The highest BCUT2D eigenvalue weighted by molar-refractivity contribution is 9.10. The van der Waals surface area contributed by atoms with Crippen molar-refractivity contribution in [1.82, 2.24) is 15.1 Å². The number of aromatic amines is 1. The summed E-state index contributed by atoms with van der Waals surface area (Å²) in [4.78, 5) is 26.7. The van der Waals surface area contributed by atoms with Crippen LogP contribution in [0.5, 0.6) is 0 Å². The fourth-order valence-corrected chi connectivity index (χ4v) is 4.21. The van der Waals surface area contributed by atoms with E-state index in [4.69, 9.17) is 0 Å². The SMILES string of the molecule is Cc1cc(Br)cc2c1CN(C(=O)Cc1n[nH]c(=O)c3ccccc13)CC2. The highest BCUT2D eigenvalue weighted by Gasteiger charge is 2.23. The minimum Gasteiger partial charge on any atom is -0.338 e. The summed E-state index contributed by atoms with van der Waals surface area (Å²) in [6, 6.07) is 11.5. The Morgan fingerprint density at radius 3 is 2.85 bits per heavy atom. The Morgan fingerprint density at radius 2 is 2.04 bits per heavy atom. The number of rotatable bonds is 2. The van der Waals surface area contributed by atoms with Crippen molar-refractivity contribution in [2.75, 3.05) is 6.54 Å². The van der Waals surface area contributed by atoms with Gasteiger partial charge in [-0.1, -0.05) is 34.1 Å². The summed E-state index contributed by atoms with van der Waals surface area (Å²) in [6.45, 7) is 3.39. The number of aromatic nitrogens is 2. The zero-order chi connectivity index (χ0) is 18.3. The molecule has 0 saturated heterocycles. The van der Waals surface area contributed by atoms with E-state index in [-0.39, 0.29) is 17.9 Å². The van der Waals surface area contributed by atoms with Crippen LogP contribution in [-0.4, -0.2) is 27.5 Å². The second kappa shape index (κ2) is 6.68. The molecule has 3 aromatic rings. The first kappa shape index (κ1) is 17.0. The quantitative estimate of drug-likeness (QED) is 0.704. The molecule has 26 heavy (non-hydrogen) atoms. The highest BCUT2D eigenvalue weighted by atomic mass is 79.9. The summed E-state index contributed by atoms with van der Waals surface area (Å²) in [7, 11) is 0. The Hall–Kier alpha value is -2.47. The van der Waals surface area contributed by atoms with Gasteiger partial charge in [0.1, 0.15) is 0 Å². The maximum atomic E-state index is 12.9. The molecule has 132 valence electrons. The first-order valence-electron chi connectivity index (χ1n) is 8.55. The lowest BCUT2D eigenvalue weighted by Crippen LogP contribution is -2.37. The predicted octanol–water partition coefficient (Wildman–Crippen LogP) is 3.12. The molecule has 1 N–H and O–H groups in total. The molecule has 1 aliphatic heterocycles. The number of halogens is 1. The van der Waals surface area contributed by atoms with Crippen LogP contribution in [0.4, 0.5) is 0 Å². The van der Waals surface area contributed by atoms with Crippen molar-refractivity contribution in [3.05, 3.63) is 73.6 Å².